The molecule has 2 heterocycles. The van der Waals surface area contributed by atoms with Crippen LogP contribution in [-0.4, -0.2) is 15.0 Å². The van der Waals surface area contributed by atoms with Crippen molar-refractivity contribution in [2.45, 2.75) is 6.92 Å². The molecule has 0 amide bonds. The van der Waals surface area contributed by atoms with Gasteiger partial charge in [0.2, 0.25) is 0 Å². The molecule has 0 unspecified atom stereocenters. The van der Waals surface area contributed by atoms with Crippen LogP contribution in [0.5, 0.6) is 0 Å². The average Bonchev–Trinajstić information content (AvgIpc) is 2.41. The summed E-state index contributed by atoms with van der Waals surface area (Å²) >= 11 is 0. The molecule has 4 heteroatoms. The van der Waals surface area contributed by atoms with Crippen LogP contribution in [0.1, 0.15) is 5.56 Å². The van der Waals surface area contributed by atoms with E-state index in [0.29, 0.717) is 5.56 Å². The van der Waals surface area contributed by atoms with Crippen molar-refractivity contribution in [3.05, 3.63) is 58.9 Å². The molecule has 1 aromatic carbocycles. The molecule has 18 heavy (non-hydrogen) atoms. The Morgan fingerprint density at radius 1 is 1.22 bits per heavy atom. The summed E-state index contributed by atoms with van der Waals surface area (Å²) in [6, 6.07) is 7.85. The molecule has 4 nitrogen and oxygen atoms in total. The van der Waals surface area contributed by atoms with Crippen LogP contribution >= 0.6 is 0 Å². The maximum Gasteiger partial charge on any atom is 0.254 e. The highest BCUT2D eigenvalue weighted by Gasteiger charge is 2.09. The standard InChI is InChI=1S/C14H11N3O/c1-9-13(16-8-17-14(9)18)12-4-2-3-10-7-15-6-5-11(10)12/h2-8H,1H3,(H,16,17,18). The molecule has 0 spiro atoms. The number of rotatable bonds is 1. The Balaban J connectivity index is 2.39. The Labute approximate surface area is 103 Å². The minimum Gasteiger partial charge on any atom is -0.313 e. The number of pyridine rings is 1. The van der Waals surface area contributed by atoms with Crippen LogP contribution in [0, 0.1) is 6.92 Å². The lowest BCUT2D eigenvalue weighted by Crippen LogP contribution is -2.11. The second kappa shape index (κ2) is 4.07. The number of fused-ring (bicyclic) bond motifs is 1. The van der Waals surface area contributed by atoms with E-state index in [0.717, 1.165) is 22.0 Å². The highest BCUT2D eigenvalue weighted by Crippen LogP contribution is 2.27. The highest BCUT2D eigenvalue weighted by molar-refractivity contribution is 5.95. The molecule has 0 saturated heterocycles. The van der Waals surface area contributed by atoms with Crippen molar-refractivity contribution in [3.63, 3.8) is 0 Å². The number of nitrogens with one attached hydrogen (secondary N) is 1. The van der Waals surface area contributed by atoms with Gasteiger partial charge in [-0.2, -0.15) is 0 Å². The Hall–Kier alpha value is -2.49. The summed E-state index contributed by atoms with van der Waals surface area (Å²) in [4.78, 5) is 22.6. The predicted octanol–water partition coefficient (Wildman–Crippen LogP) is 2.29. The normalized spacial score (nSPS) is 10.7. The number of hydrogen-bond donors (Lipinski definition) is 1. The van der Waals surface area contributed by atoms with Gasteiger partial charge in [-0.25, -0.2) is 4.98 Å². The summed E-state index contributed by atoms with van der Waals surface area (Å²) in [7, 11) is 0. The third kappa shape index (κ3) is 1.59. The molecule has 1 N–H and O–H groups in total. The second-order valence-electron chi connectivity index (χ2n) is 4.11. The Morgan fingerprint density at radius 2 is 2.11 bits per heavy atom. The zero-order chi connectivity index (χ0) is 12.5. The molecule has 3 rings (SSSR count). The van der Waals surface area contributed by atoms with E-state index in [2.05, 4.69) is 15.0 Å². The fourth-order valence-corrected chi connectivity index (χ4v) is 2.07. The number of aromatic amines is 1. The van der Waals surface area contributed by atoms with Crippen molar-refractivity contribution in [2.75, 3.05) is 0 Å². The first-order chi connectivity index (χ1) is 8.77. The van der Waals surface area contributed by atoms with E-state index in [-0.39, 0.29) is 5.56 Å². The second-order valence-corrected chi connectivity index (χ2v) is 4.11. The van der Waals surface area contributed by atoms with Gasteiger partial charge in [-0.05, 0) is 18.4 Å². The van der Waals surface area contributed by atoms with Gasteiger partial charge in [0, 0.05) is 28.9 Å². The van der Waals surface area contributed by atoms with Crippen molar-refractivity contribution in [1.82, 2.24) is 15.0 Å². The third-order valence-electron chi connectivity index (χ3n) is 3.02. The molecular formula is C14H11N3O. The zero-order valence-corrected chi connectivity index (χ0v) is 9.84. The molecule has 0 aliphatic carbocycles. The largest absolute Gasteiger partial charge is 0.313 e. The summed E-state index contributed by atoms with van der Waals surface area (Å²) in [5, 5.41) is 2.09. The minimum atomic E-state index is -0.106. The van der Waals surface area contributed by atoms with Gasteiger partial charge >= 0.3 is 0 Å². The van der Waals surface area contributed by atoms with E-state index < -0.39 is 0 Å². The molecule has 2 aromatic heterocycles. The first-order valence-corrected chi connectivity index (χ1v) is 5.65. The van der Waals surface area contributed by atoms with Gasteiger partial charge in [0.25, 0.3) is 5.56 Å². The van der Waals surface area contributed by atoms with E-state index in [1.807, 2.05) is 24.3 Å². The lowest BCUT2D eigenvalue weighted by atomic mass is 10.0. The number of H-pyrrole nitrogens is 1. The Bertz CT molecular complexity index is 772. The van der Waals surface area contributed by atoms with Gasteiger partial charge in [-0.15, -0.1) is 0 Å². The van der Waals surface area contributed by atoms with Gasteiger partial charge in [-0.3, -0.25) is 9.78 Å². The van der Waals surface area contributed by atoms with Crippen LogP contribution in [0.4, 0.5) is 0 Å². The topological polar surface area (TPSA) is 58.6 Å². The van der Waals surface area contributed by atoms with Crippen molar-refractivity contribution in [3.8, 4) is 11.3 Å². The van der Waals surface area contributed by atoms with Crippen molar-refractivity contribution in [2.24, 2.45) is 0 Å². The van der Waals surface area contributed by atoms with Gasteiger partial charge < -0.3 is 4.98 Å². The number of hydrogen-bond acceptors (Lipinski definition) is 3. The Kier molecular flexibility index (Phi) is 2.41. The van der Waals surface area contributed by atoms with Crippen molar-refractivity contribution >= 4 is 10.8 Å². The molecule has 0 radical (unpaired) electrons. The number of aromatic nitrogens is 3. The number of nitrogens with zero attached hydrogens (tertiary/aromatic N) is 2. The smallest absolute Gasteiger partial charge is 0.254 e. The minimum absolute atomic E-state index is 0.106. The molecule has 88 valence electrons. The number of benzene rings is 1. The third-order valence-corrected chi connectivity index (χ3v) is 3.02. The molecule has 0 aliphatic rings. The summed E-state index contributed by atoms with van der Waals surface area (Å²) < 4.78 is 0. The zero-order valence-electron chi connectivity index (χ0n) is 9.84. The quantitative estimate of drug-likeness (QED) is 0.706. The maximum absolute atomic E-state index is 11.6. The summed E-state index contributed by atoms with van der Waals surface area (Å²) in [5.41, 5.74) is 2.20. The first kappa shape index (κ1) is 10.7. The van der Waals surface area contributed by atoms with Crippen molar-refractivity contribution < 1.29 is 0 Å². The van der Waals surface area contributed by atoms with Crippen LogP contribution in [0.2, 0.25) is 0 Å². The summed E-state index contributed by atoms with van der Waals surface area (Å²) in [5.74, 6) is 0. The molecule has 3 aromatic rings. The van der Waals surface area contributed by atoms with E-state index in [1.165, 1.54) is 6.33 Å². The highest BCUT2D eigenvalue weighted by atomic mass is 16.1. The summed E-state index contributed by atoms with van der Waals surface area (Å²) in [6.07, 6.45) is 4.99. The van der Waals surface area contributed by atoms with E-state index in [9.17, 15) is 4.79 Å². The van der Waals surface area contributed by atoms with Crippen LogP contribution in [0.15, 0.2) is 47.8 Å². The fraction of sp³-hybridized carbons (Fsp3) is 0.0714. The van der Waals surface area contributed by atoms with E-state index >= 15 is 0 Å². The SMILES string of the molecule is Cc1c(-c2cccc3cnccc23)nc[nH]c1=O. The van der Waals surface area contributed by atoms with Crippen LogP contribution in [0.3, 0.4) is 0 Å². The van der Waals surface area contributed by atoms with Gasteiger partial charge in [0.1, 0.15) is 0 Å². The molecule has 0 atom stereocenters. The molecule has 0 fully saturated rings. The van der Waals surface area contributed by atoms with Crippen LogP contribution < -0.4 is 5.56 Å². The van der Waals surface area contributed by atoms with Gasteiger partial charge in [0.05, 0.1) is 12.0 Å². The first-order valence-electron chi connectivity index (χ1n) is 5.65. The van der Waals surface area contributed by atoms with E-state index in [1.54, 1.807) is 19.3 Å². The lowest BCUT2D eigenvalue weighted by molar-refractivity contribution is 1.08. The molecule has 0 saturated carbocycles. The Morgan fingerprint density at radius 3 is 3.00 bits per heavy atom. The summed E-state index contributed by atoms with van der Waals surface area (Å²) in [6.45, 7) is 1.78. The average molecular weight is 237 g/mol. The van der Waals surface area contributed by atoms with Crippen molar-refractivity contribution in [1.29, 1.82) is 0 Å². The monoisotopic (exact) mass is 237 g/mol. The molecule has 0 aliphatic heterocycles. The van der Waals surface area contributed by atoms with Gasteiger partial charge in [-0.1, -0.05) is 18.2 Å². The molecule has 0 bridgehead atoms. The maximum atomic E-state index is 11.6. The van der Waals surface area contributed by atoms with Crippen LogP contribution in [0.25, 0.3) is 22.0 Å². The lowest BCUT2D eigenvalue weighted by Gasteiger charge is -2.07. The van der Waals surface area contributed by atoms with Crippen LogP contribution in [-0.2, 0) is 0 Å². The molecular weight excluding hydrogens is 226 g/mol. The fourth-order valence-electron chi connectivity index (χ4n) is 2.07. The van der Waals surface area contributed by atoms with Gasteiger partial charge in [0.15, 0.2) is 0 Å². The van der Waals surface area contributed by atoms with E-state index in [4.69, 9.17) is 0 Å². The predicted molar refractivity (Wildman–Crippen MR) is 70.3 cm³/mol.